The Morgan fingerprint density at radius 1 is 1.27 bits per heavy atom. The van der Waals surface area contributed by atoms with E-state index in [-0.39, 0.29) is 0 Å². The van der Waals surface area contributed by atoms with Crippen LogP contribution in [0.25, 0.3) is 0 Å². The van der Waals surface area contributed by atoms with E-state index in [9.17, 15) is 0 Å². The number of pyridine rings is 1. The lowest BCUT2D eigenvalue weighted by Crippen LogP contribution is -2.29. The maximum absolute atomic E-state index is 5.50. The Labute approximate surface area is 95.3 Å². The van der Waals surface area contributed by atoms with Crippen LogP contribution in [0, 0.1) is 0 Å². The standard InChI is InChI=1S/C11H15N3S/c12-11(15)10-5-4-9(8-13-10)14-6-2-1-3-7-14/h4-5,8H,1-3,6-7H2,(H2,12,15). The van der Waals surface area contributed by atoms with Crippen molar-refractivity contribution < 1.29 is 0 Å². The Bertz CT molecular complexity index is 341. The van der Waals surface area contributed by atoms with E-state index in [1.807, 2.05) is 18.3 Å². The highest BCUT2D eigenvalue weighted by Gasteiger charge is 2.11. The van der Waals surface area contributed by atoms with Gasteiger partial charge in [0, 0.05) is 13.1 Å². The smallest absolute Gasteiger partial charge is 0.122 e. The lowest BCUT2D eigenvalue weighted by molar-refractivity contribution is 0.577. The van der Waals surface area contributed by atoms with E-state index in [0.717, 1.165) is 13.1 Å². The quantitative estimate of drug-likeness (QED) is 0.772. The van der Waals surface area contributed by atoms with Crippen LogP contribution in [0.4, 0.5) is 5.69 Å². The van der Waals surface area contributed by atoms with Crippen LogP contribution in [0.3, 0.4) is 0 Å². The summed E-state index contributed by atoms with van der Waals surface area (Å²) in [7, 11) is 0. The summed E-state index contributed by atoms with van der Waals surface area (Å²) in [6, 6.07) is 3.94. The molecule has 2 heterocycles. The van der Waals surface area contributed by atoms with Gasteiger partial charge in [0.25, 0.3) is 0 Å². The van der Waals surface area contributed by atoms with Crippen molar-refractivity contribution in [1.82, 2.24) is 4.98 Å². The van der Waals surface area contributed by atoms with Gasteiger partial charge in [-0.05, 0) is 31.4 Å². The number of nitrogens with zero attached hydrogens (tertiary/aromatic N) is 2. The maximum atomic E-state index is 5.50. The topological polar surface area (TPSA) is 42.1 Å². The van der Waals surface area contributed by atoms with Crippen LogP contribution >= 0.6 is 12.2 Å². The van der Waals surface area contributed by atoms with Crippen molar-refractivity contribution in [3.8, 4) is 0 Å². The van der Waals surface area contributed by atoms with E-state index in [2.05, 4.69) is 9.88 Å². The molecule has 15 heavy (non-hydrogen) atoms. The molecule has 2 rings (SSSR count). The minimum absolute atomic E-state index is 0.361. The normalized spacial score (nSPS) is 16.4. The van der Waals surface area contributed by atoms with Crippen LogP contribution in [0.1, 0.15) is 25.0 Å². The number of hydrogen-bond acceptors (Lipinski definition) is 3. The molecular formula is C11H15N3S. The average Bonchev–Trinajstić information content (AvgIpc) is 2.30. The van der Waals surface area contributed by atoms with Crippen LogP contribution in [-0.4, -0.2) is 23.1 Å². The number of rotatable bonds is 2. The number of piperidine rings is 1. The molecule has 80 valence electrons. The fourth-order valence-electron chi connectivity index (χ4n) is 1.87. The third kappa shape index (κ3) is 2.45. The SMILES string of the molecule is NC(=S)c1ccc(N2CCCCC2)cn1. The Morgan fingerprint density at radius 3 is 2.53 bits per heavy atom. The molecule has 0 spiro atoms. The first-order valence-electron chi connectivity index (χ1n) is 5.28. The third-order valence-electron chi connectivity index (χ3n) is 2.72. The molecule has 0 amide bonds. The Kier molecular flexibility index (Phi) is 3.16. The fraction of sp³-hybridized carbons (Fsp3) is 0.455. The van der Waals surface area contributed by atoms with Crippen molar-refractivity contribution in [1.29, 1.82) is 0 Å². The number of hydrogen-bond donors (Lipinski definition) is 1. The average molecular weight is 221 g/mol. The minimum atomic E-state index is 0.361. The van der Waals surface area contributed by atoms with Gasteiger partial charge >= 0.3 is 0 Å². The van der Waals surface area contributed by atoms with E-state index in [4.69, 9.17) is 18.0 Å². The second-order valence-corrected chi connectivity index (χ2v) is 4.25. The van der Waals surface area contributed by atoms with Crippen molar-refractivity contribution >= 4 is 22.9 Å². The van der Waals surface area contributed by atoms with Crippen LogP contribution < -0.4 is 10.6 Å². The van der Waals surface area contributed by atoms with Crippen molar-refractivity contribution in [2.24, 2.45) is 5.73 Å². The van der Waals surface area contributed by atoms with Crippen LogP contribution in [0.15, 0.2) is 18.3 Å². The molecule has 0 aliphatic carbocycles. The van der Waals surface area contributed by atoms with Gasteiger partial charge in [0.2, 0.25) is 0 Å². The highest BCUT2D eigenvalue weighted by molar-refractivity contribution is 7.80. The molecule has 0 saturated carbocycles. The molecular weight excluding hydrogens is 206 g/mol. The number of nitrogens with two attached hydrogens (primary N) is 1. The maximum Gasteiger partial charge on any atom is 0.122 e. The van der Waals surface area contributed by atoms with E-state index in [1.54, 1.807) is 0 Å². The second-order valence-electron chi connectivity index (χ2n) is 3.81. The first kappa shape index (κ1) is 10.4. The molecule has 1 aliphatic rings. The zero-order valence-corrected chi connectivity index (χ0v) is 9.46. The van der Waals surface area contributed by atoms with E-state index < -0.39 is 0 Å². The molecule has 0 atom stereocenters. The largest absolute Gasteiger partial charge is 0.388 e. The second kappa shape index (κ2) is 4.57. The molecule has 1 saturated heterocycles. The molecule has 0 bridgehead atoms. The predicted octanol–water partition coefficient (Wildman–Crippen LogP) is 1.71. The summed E-state index contributed by atoms with van der Waals surface area (Å²) >= 11 is 4.86. The van der Waals surface area contributed by atoms with E-state index in [1.165, 1.54) is 24.9 Å². The van der Waals surface area contributed by atoms with Gasteiger partial charge in [0.05, 0.1) is 17.6 Å². The van der Waals surface area contributed by atoms with Gasteiger partial charge in [-0.15, -0.1) is 0 Å². The fourth-order valence-corrected chi connectivity index (χ4v) is 1.99. The van der Waals surface area contributed by atoms with Crippen molar-refractivity contribution in [3.05, 3.63) is 24.0 Å². The predicted molar refractivity (Wildman–Crippen MR) is 66.2 cm³/mol. The van der Waals surface area contributed by atoms with Crippen LogP contribution in [0.5, 0.6) is 0 Å². The van der Waals surface area contributed by atoms with Crippen LogP contribution in [-0.2, 0) is 0 Å². The van der Waals surface area contributed by atoms with Gasteiger partial charge in [-0.1, -0.05) is 12.2 Å². The number of aromatic nitrogens is 1. The highest BCUT2D eigenvalue weighted by atomic mass is 32.1. The molecule has 2 N–H and O–H groups in total. The molecule has 1 fully saturated rings. The Hall–Kier alpha value is -1.16. The van der Waals surface area contributed by atoms with Crippen molar-refractivity contribution in [2.75, 3.05) is 18.0 Å². The number of anilines is 1. The molecule has 0 radical (unpaired) electrons. The Morgan fingerprint density at radius 2 is 2.00 bits per heavy atom. The molecule has 0 unspecified atom stereocenters. The molecule has 3 nitrogen and oxygen atoms in total. The molecule has 4 heteroatoms. The summed E-state index contributed by atoms with van der Waals surface area (Å²) < 4.78 is 0. The first-order chi connectivity index (χ1) is 7.27. The first-order valence-corrected chi connectivity index (χ1v) is 5.69. The zero-order valence-electron chi connectivity index (χ0n) is 8.65. The molecule has 1 aromatic rings. The van der Waals surface area contributed by atoms with Gasteiger partial charge in [-0.25, -0.2) is 0 Å². The van der Waals surface area contributed by atoms with Gasteiger partial charge < -0.3 is 10.6 Å². The third-order valence-corrected chi connectivity index (χ3v) is 2.93. The molecule has 0 aromatic carbocycles. The van der Waals surface area contributed by atoms with Gasteiger partial charge in [-0.2, -0.15) is 0 Å². The summed E-state index contributed by atoms with van der Waals surface area (Å²) in [6.45, 7) is 2.27. The zero-order chi connectivity index (χ0) is 10.7. The minimum Gasteiger partial charge on any atom is -0.388 e. The van der Waals surface area contributed by atoms with Crippen LogP contribution in [0.2, 0.25) is 0 Å². The lowest BCUT2D eigenvalue weighted by atomic mass is 10.1. The summed E-state index contributed by atoms with van der Waals surface area (Å²) in [5.74, 6) is 0. The molecule has 1 aliphatic heterocycles. The summed E-state index contributed by atoms with van der Waals surface area (Å²) in [5.41, 5.74) is 7.37. The Balaban J connectivity index is 2.11. The van der Waals surface area contributed by atoms with Gasteiger partial charge in [0.15, 0.2) is 0 Å². The van der Waals surface area contributed by atoms with Gasteiger partial charge in [0.1, 0.15) is 4.99 Å². The van der Waals surface area contributed by atoms with Crippen molar-refractivity contribution in [3.63, 3.8) is 0 Å². The number of thiocarbonyl (C=S) groups is 1. The van der Waals surface area contributed by atoms with E-state index >= 15 is 0 Å². The molecule has 1 aromatic heterocycles. The van der Waals surface area contributed by atoms with Gasteiger partial charge in [-0.3, -0.25) is 4.98 Å². The monoisotopic (exact) mass is 221 g/mol. The summed E-state index contributed by atoms with van der Waals surface area (Å²) in [6.07, 6.45) is 5.75. The van der Waals surface area contributed by atoms with E-state index in [0.29, 0.717) is 10.7 Å². The summed E-state index contributed by atoms with van der Waals surface area (Å²) in [4.78, 5) is 6.97. The summed E-state index contributed by atoms with van der Waals surface area (Å²) in [5, 5.41) is 0. The lowest BCUT2D eigenvalue weighted by Gasteiger charge is -2.28. The van der Waals surface area contributed by atoms with Crippen molar-refractivity contribution in [2.45, 2.75) is 19.3 Å². The highest BCUT2D eigenvalue weighted by Crippen LogP contribution is 2.18.